The van der Waals surface area contributed by atoms with Gasteiger partial charge in [-0.1, -0.05) is 44.1 Å². The van der Waals surface area contributed by atoms with Gasteiger partial charge in [0, 0.05) is 11.1 Å². The second-order valence-electron chi connectivity index (χ2n) is 9.40. The first-order valence-electron chi connectivity index (χ1n) is 10.6. The smallest absolute Gasteiger partial charge is 0.192 e. The van der Waals surface area contributed by atoms with Gasteiger partial charge in [-0.15, -0.1) is 0 Å². The molecule has 2 rings (SSSR count). The van der Waals surface area contributed by atoms with Gasteiger partial charge in [0.05, 0.1) is 32.5 Å². The van der Waals surface area contributed by atoms with Crippen molar-refractivity contribution in [2.75, 3.05) is 27.3 Å². The van der Waals surface area contributed by atoms with Crippen LogP contribution in [0.2, 0.25) is 18.1 Å². The molecule has 0 spiro atoms. The Bertz CT molecular complexity index is 925. The van der Waals surface area contributed by atoms with E-state index in [0.717, 1.165) is 11.3 Å². The molecule has 0 N–H and O–H groups in total. The van der Waals surface area contributed by atoms with Gasteiger partial charge in [0.25, 0.3) is 0 Å². The van der Waals surface area contributed by atoms with Gasteiger partial charge in [-0.05, 0) is 43.4 Å². The third kappa shape index (κ3) is 5.86. The molecule has 0 amide bonds. The third-order valence-corrected chi connectivity index (χ3v) is 10.6. The number of hydrogen-bond donors (Lipinski definition) is 0. The Morgan fingerprint density at radius 3 is 2.44 bits per heavy atom. The molecule has 0 aromatic heterocycles. The van der Waals surface area contributed by atoms with Crippen molar-refractivity contribution < 1.29 is 18.4 Å². The number of aliphatic imine (C=N–C) groups is 1. The van der Waals surface area contributed by atoms with E-state index in [-0.39, 0.29) is 17.5 Å². The molecular weight excluding hydrogens is 425 g/mol. The summed E-state index contributed by atoms with van der Waals surface area (Å²) < 4.78 is 27.2. The second kappa shape index (κ2) is 10.4. The van der Waals surface area contributed by atoms with Gasteiger partial charge in [0.2, 0.25) is 0 Å². The van der Waals surface area contributed by atoms with Crippen molar-refractivity contribution >= 4 is 26.3 Å². The number of oxime groups is 1. The van der Waals surface area contributed by atoms with E-state index in [9.17, 15) is 0 Å². The number of halogens is 1. The van der Waals surface area contributed by atoms with Gasteiger partial charge in [-0.2, -0.15) is 0 Å². The highest BCUT2D eigenvalue weighted by Gasteiger charge is 2.37. The number of methoxy groups -OCH3 is 1. The quantitative estimate of drug-likeness (QED) is 0.158. The van der Waals surface area contributed by atoms with Crippen LogP contribution in [0.4, 0.5) is 4.39 Å². The maximum atomic E-state index is 15.4. The molecule has 0 unspecified atom stereocenters. The van der Waals surface area contributed by atoms with Crippen LogP contribution in [0.1, 0.15) is 38.8 Å². The molecule has 0 aliphatic carbocycles. The van der Waals surface area contributed by atoms with Gasteiger partial charge in [0.1, 0.15) is 12.9 Å². The van der Waals surface area contributed by atoms with Crippen LogP contribution in [0.3, 0.4) is 0 Å². The summed E-state index contributed by atoms with van der Waals surface area (Å²) in [7, 11) is 1.10. The van der Waals surface area contributed by atoms with E-state index in [4.69, 9.17) is 14.0 Å². The molecule has 0 atom stereocenters. The Labute approximate surface area is 192 Å². The Balaban J connectivity index is 2.29. The molecule has 0 saturated carbocycles. The van der Waals surface area contributed by atoms with Crippen molar-refractivity contribution in [3.05, 3.63) is 52.8 Å². The SMILES string of the molecule is C=N/C(=C(\C=C(/C)c1cccc(CO[Si](C)(C)C(C)(C)C)c1F)OC)N1CC(=NOC)C1. The Morgan fingerprint density at radius 2 is 1.91 bits per heavy atom. The molecule has 1 aromatic rings. The summed E-state index contributed by atoms with van der Waals surface area (Å²) >= 11 is 0. The lowest BCUT2D eigenvalue weighted by Crippen LogP contribution is -2.46. The van der Waals surface area contributed by atoms with Gasteiger partial charge in [-0.25, -0.2) is 9.38 Å². The number of benzene rings is 1. The molecule has 1 aromatic carbocycles. The molecule has 0 bridgehead atoms. The predicted molar refractivity (Wildman–Crippen MR) is 132 cm³/mol. The van der Waals surface area contributed by atoms with E-state index in [1.54, 1.807) is 25.3 Å². The monoisotopic (exact) mass is 461 g/mol. The minimum Gasteiger partial charge on any atom is -0.493 e. The van der Waals surface area contributed by atoms with Crippen LogP contribution >= 0.6 is 0 Å². The standard InChI is InChI=1S/C24H36FN3O3Si/c1-17(13-21(29-6)23(26-5)28-14-19(15-28)27-30-7)20-12-10-11-18(22(20)25)16-31-32(8,9)24(2,3)4/h10-13H,5,14-16H2,1-4,6-9H3/b17-13+,23-21-. The highest BCUT2D eigenvalue weighted by Crippen LogP contribution is 2.37. The molecule has 0 radical (unpaired) electrons. The van der Waals surface area contributed by atoms with Crippen LogP contribution in [0.5, 0.6) is 0 Å². The minimum atomic E-state index is -1.98. The zero-order chi connectivity index (χ0) is 24.1. The second-order valence-corrected chi connectivity index (χ2v) is 14.2. The fraction of sp³-hybridized carbons (Fsp3) is 0.500. The Morgan fingerprint density at radius 1 is 1.25 bits per heavy atom. The number of ether oxygens (including phenoxy) is 1. The Hall–Kier alpha value is -2.45. The summed E-state index contributed by atoms with van der Waals surface area (Å²) in [6, 6.07) is 5.39. The molecule has 176 valence electrons. The lowest BCUT2D eigenvalue weighted by Gasteiger charge is -2.36. The normalized spacial score (nSPS) is 15.7. The van der Waals surface area contributed by atoms with E-state index in [2.05, 4.69) is 50.7 Å². The van der Waals surface area contributed by atoms with Crippen LogP contribution < -0.4 is 0 Å². The molecular formula is C24H36FN3O3Si. The van der Waals surface area contributed by atoms with Crippen LogP contribution in [0.15, 0.2) is 46.0 Å². The summed E-state index contributed by atoms with van der Waals surface area (Å²) in [5, 5.41) is 4.00. The van der Waals surface area contributed by atoms with Crippen molar-refractivity contribution in [1.29, 1.82) is 0 Å². The summed E-state index contributed by atoms with van der Waals surface area (Å²) in [6.07, 6.45) is 1.78. The molecule has 1 fully saturated rings. The van der Waals surface area contributed by atoms with Crippen LogP contribution in [0, 0.1) is 5.82 Å². The molecule has 8 heteroatoms. The zero-order valence-electron chi connectivity index (χ0n) is 20.6. The predicted octanol–water partition coefficient (Wildman–Crippen LogP) is 5.58. The number of likely N-dealkylation sites (tertiary alicyclic amines) is 1. The lowest BCUT2D eigenvalue weighted by atomic mass is 10.0. The maximum absolute atomic E-state index is 15.4. The molecule has 1 saturated heterocycles. The first-order valence-corrected chi connectivity index (χ1v) is 13.5. The van der Waals surface area contributed by atoms with Crippen molar-refractivity contribution in [1.82, 2.24) is 4.90 Å². The minimum absolute atomic E-state index is 0.0633. The third-order valence-electron chi connectivity index (χ3n) is 6.10. The Kier molecular flexibility index (Phi) is 8.42. The highest BCUT2D eigenvalue weighted by atomic mass is 28.4. The van der Waals surface area contributed by atoms with Crippen LogP contribution in [-0.4, -0.2) is 53.0 Å². The average Bonchev–Trinajstić information content (AvgIpc) is 2.69. The molecule has 1 aliphatic rings. The topological polar surface area (TPSA) is 55.7 Å². The van der Waals surface area contributed by atoms with Crippen molar-refractivity contribution in [2.24, 2.45) is 10.1 Å². The highest BCUT2D eigenvalue weighted by molar-refractivity contribution is 6.74. The van der Waals surface area contributed by atoms with Crippen LogP contribution in [0.25, 0.3) is 5.57 Å². The maximum Gasteiger partial charge on any atom is 0.192 e. The number of allylic oxidation sites excluding steroid dienone is 2. The first kappa shape index (κ1) is 25.8. The molecule has 1 heterocycles. The molecule has 32 heavy (non-hydrogen) atoms. The van der Waals surface area contributed by atoms with Gasteiger partial charge in [0.15, 0.2) is 19.9 Å². The number of rotatable bonds is 9. The van der Waals surface area contributed by atoms with E-state index in [1.807, 2.05) is 17.9 Å². The zero-order valence-corrected chi connectivity index (χ0v) is 21.6. The summed E-state index contributed by atoms with van der Waals surface area (Å²) in [5.41, 5.74) is 2.68. The van der Waals surface area contributed by atoms with Gasteiger partial charge in [-0.3, -0.25) is 0 Å². The molecule has 6 nitrogen and oxygen atoms in total. The van der Waals surface area contributed by atoms with Crippen molar-refractivity contribution in [3.8, 4) is 0 Å². The summed E-state index contributed by atoms with van der Waals surface area (Å²) in [5.74, 6) is 0.818. The van der Waals surface area contributed by atoms with Gasteiger partial charge < -0.3 is 18.9 Å². The van der Waals surface area contributed by atoms with E-state index >= 15 is 4.39 Å². The number of nitrogens with zero attached hydrogens (tertiary/aromatic N) is 3. The lowest BCUT2D eigenvalue weighted by molar-refractivity contribution is 0.202. The van der Waals surface area contributed by atoms with E-state index in [0.29, 0.717) is 35.8 Å². The van der Waals surface area contributed by atoms with Crippen molar-refractivity contribution in [2.45, 2.75) is 52.4 Å². The fourth-order valence-corrected chi connectivity index (χ4v) is 3.97. The van der Waals surface area contributed by atoms with Gasteiger partial charge >= 0.3 is 0 Å². The average molecular weight is 462 g/mol. The van der Waals surface area contributed by atoms with E-state index < -0.39 is 8.32 Å². The number of hydrogen-bond acceptors (Lipinski definition) is 6. The van der Waals surface area contributed by atoms with Crippen LogP contribution in [-0.2, 0) is 20.6 Å². The molecule has 1 aliphatic heterocycles. The largest absolute Gasteiger partial charge is 0.493 e. The summed E-state index contributed by atoms with van der Waals surface area (Å²) in [6.45, 7) is 17.8. The first-order chi connectivity index (χ1) is 14.9. The van der Waals surface area contributed by atoms with E-state index in [1.165, 1.54) is 7.11 Å². The van der Waals surface area contributed by atoms with Crippen molar-refractivity contribution in [3.63, 3.8) is 0 Å². The fourth-order valence-electron chi connectivity index (χ4n) is 3.02. The summed E-state index contributed by atoms with van der Waals surface area (Å²) in [4.78, 5) is 10.9.